The van der Waals surface area contributed by atoms with E-state index in [9.17, 15) is 25.6 Å². The van der Waals surface area contributed by atoms with Crippen LogP contribution in [0.4, 0.5) is 8.78 Å². The highest BCUT2D eigenvalue weighted by Crippen LogP contribution is 2.26. The van der Waals surface area contributed by atoms with Gasteiger partial charge >= 0.3 is 0 Å². The van der Waals surface area contributed by atoms with Gasteiger partial charge in [0.2, 0.25) is 10.0 Å². The van der Waals surface area contributed by atoms with Crippen molar-refractivity contribution in [3.63, 3.8) is 0 Å². The number of sulfonamides is 1. The third-order valence-corrected chi connectivity index (χ3v) is 6.62. The highest BCUT2D eigenvalue weighted by Gasteiger charge is 2.41. The minimum Gasteiger partial charge on any atom is -0.229 e. The van der Waals surface area contributed by atoms with Crippen LogP contribution >= 0.6 is 0 Å². The molecule has 0 saturated carbocycles. The first-order valence-corrected chi connectivity index (χ1v) is 9.03. The highest BCUT2D eigenvalue weighted by molar-refractivity contribution is 7.92. The van der Waals surface area contributed by atoms with Crippen molar-refractivity contribution in [1.29, 1.82) is 0 Å². The van der Waals surface area contributed by atoms with Gasteiger partial charge in [0, 0.05) is 5.54 Å². The smallest absolute Gasteiger partial charge is 0.229 e. The van der Waals surface area contributed by atoms with Gasteiger partial charge in [-0.3, -0.25) is 0 Å². The molecule has 112 valence electrons. The Hall–Kier alpha value is -1.06. The molecule has 1 aromatic carbocycles. The molecule has 5 nitrogen and oxygen atoms in total. The molecule has 1 heterocycles. The van der Waals surface area contributed by atoms with Gasteiger partial charge in [-0.15, -0.1) is 0 Å². The number of hydrogen-bond acceptors (Lipinski definition) is 4. The Balaban J connectivity index is 2.35. The number of hydrogen-bond donors (Lipinski definition) is 1. The molecule has 0 aromatic heterocycles. The van der Waals surface area contributed by atoms with Crippen molar-refractivity contribution in [2.75, 3.05) is 11.5 Å². The molecule has 20 heavy (non-hydrogen) atoms. The van der Waals surface area contributed by atoms with Crippen LogP contribution in [0.1, 0.15) is 13.3 Å². The summed E-state index contributed by atoms with van der Waals surface area (Å²) in [5, 5.41) is 0. The van der Waals surface area contributed by atoms with Gasteiger partial charge in [-0.1, -0.05) is 0 Å². The van der Waals surface area contributed by atoms with Crippen molar-refractivity contribution in [3.05, 3.63) is 29.8 Å². The lowest BCUT2D eigenvalue weighted by molar-refractivity contribution is 0.458. The molecular weight excluding hydrogens is 312 g/mol. The molecule has 0 radical (unpaired) electrons. The number of halogens is 2. The van der Waals surface area contributed by atoms with Gasteiger partial charge in [-0.05, 0) is 31.5 Å². The molecule has 1 aliphatic rings. The summed E-state index contributed by atoms with van der Waals surface area (Å²) >= 11 is 0. The lowest BCUT2D eigenvalue weighted by Crippen LogP contribution is -2.47. The zero-order valence-corrected chi connectivity index (χ0v) is 12.2. The largest absolute Gasteiger partial charge is 0.244 e. The first-order valence-electron chi connectivity index (χ1n) is 5.73. The molecule has 9 heteroatoms. The maximum absolute atomic E-state index is 13.5. The van der Waals surface area contributed by atoms with Gasteiger partial charge in [0.25, 0.3) is 0 Å². The molecule has 1 fully saturated rings. The molecule has 1 atom stereocenters. The summed E-state index contributed by atoms with van der Waals surface area (Å²) in [6.07, 6.45) is 0.0888. The van der Waals surface area contributed by atoms with Crippen LogP contribution in [-0.4, -0.2) is 33.9 Å². The molecular formula is C11H13F2NO4S2. The Morgan fingerprint density at radius 1 is 1.30 bits per heavy atom. The zero-order valence-electron chi connectivity index (χ0n) is 10.6. The fourth-order valence-electron chi connectivity index (χ4n) is 2.15. The fraction of sp³-hybridized carbons (Fsp3) is 0.455. The normalized spacial score (nSPS) is 25.8. The summed E-state index contributed by atoms with van der Waals surface area (Å²) in [7, 11) is -7.66. The van der Waals surface area contributed by atoms with E-state index in [0.29, 0.717) is 12.1 Å². The topological polar surface area (TPSA) is 80.3 Å². The van der Waals surface area contributed by atoms with Crippen molar-refractivity contribution in [3.8, 4) is 0 Å². The van der Waals surface area contributed by atoms with Crippen LogP contribution < -0.4 is 4.72 Å². The van der Waals surface area contributed by atoms with Gasteiger partial charge in [0.05, 0.1) is 11.5 Å². The third kappa shape index (κ3) is 3.15. The molecule has 2 rings (SSSR count). The van der Waals surface area contributed by atoms with Crippen LogP contribution in [0.15, 0.2) is 23.1 Å². The van der Waals surface area contributed by atoms with Gasteiger partial charge in [-0.25, -0.2) is 30.3 Å². The van der Waals surface area contributed by atoms with Crippen LogP contribution in [0.3, 0.4) is 0 Å². The lowest BCUT2D eigenvalue weighted by atomic mass is 10.0. The van der Waals surface area contributed by atoms with Crippen molar-refractivity contribution in [1.82, 2.24) is 4.72 Å². The van der Waals surface area contributed by atoms with E-state index in [1.54, 1.807) is 0 Å². The monoisotopic (exact) mass is 325 g/mol. The van der Waals surface area contributed by atoms with E-state index < -0.39 is 41.9 Å². The molecule has 1 unspecified atom stereocenters. The van der Waals surface area contributed by atoms with Crippen LogP contribution in [0.2, 0.25) is 0 Å². The molecule has 0 amide bonds. The van der Waals surface area contributed by atoms with Gasteiger partial charge in [0.1, 0.15) is 16.5 Å². The summed E-state index contributed by atoms with van der Waals surface area (Å²) in [6.45, 7) is 1.42. The van der Waals surface area contributed by atoms with Crippen molar-refractivity contribution >= 4 is 19.9 Å². The number of sulfone groups is 1. The summed E-state index contributed by atoms with van der Waals surface area (Å²) < 4.78 is 75.7. The lowest BCUT2D eigenvalue weighted by Gasteiger charge is -2.23. The number of nitrogens with one attached hydrogen (secondary N) is 1. The first kappa shape index (κ1) is 15.3. The molecule has 1 aromatic rings. The third-order valence-electron chi connectivity index (χ3n) is 3.07. The average Bonchev–Trinajstić information content (AvgIpc) is 2.55. The predicted molar refractivity (Wildman–Crippen MR) is 68.4 cm³/mol. The van der Waals surface area contributed by atoms with E-state index in [4.69, 9.17) is 0 Å². The second-order valence-corrected chi connectivity index (χ2v) is 8.92. The molecule has 1 saturated heterocycles. The van der Waals surface area contributed by atoms with Crippen molar-refractivity contribution in [2.45, 2.75) is 23.8 Å². The fourth-order valence-corrected chi connectivity index (χ4v) is 5.86. The SMILES string of the molecule is CC1(NS(=O)(=O)c2cc(F)ccc2F)CCS(=O)(=O)C1. The van der Waals surface area contributed by atoms with Gasteiger partial charge < -0.3 is 0 Å². The molecule has 1 N–H and O–H groups in total. The van der Waals surface area contributed by atoms with Gasteiger partial charge in [0.15, 0.2) is 9.84 Å². The summed E-state index contributed by atoms with van der Waals surface area (Å²) in [5.41, 5.74) is -1.21. The van der Waals surface area contributed by atoms with E-state index in [-0.39, 0.29) is 17.9 Å². The Labute approximate surface area is 116 Å². The summed E-state index contributed by atoms with van der Waals surface area (Å²) in [6, 6.07) is 2.07. The molecule has 1 aliphatic heterocycles. The molecule has 0 bridgehead atoms. The maximum atomic E-state index is 13.5. The Bertz CT molecular complexity index is 746. The molecule has 0 aliphatic carbocycles. The minimum atomic E-state index is -4.33. The second kappa shape index (κ2) is 4.74. The van der Waals surface area contributed by atoms with E-state index in [2.05, 4.69) is 4.72 Å². The number of benzene rings is 1. The quantitative estimate of drug-likeness (QED) is 0.892. The molecule has 0 spiro atoms. The summed E-state index contributed by atoms with van der Waals surface area (Å²) in [4.78, 5) is -0.831. The minimum absolute atomic E-state index is 0.0888. The second-order valence-electron chi connectivity index (χ2n) is 5.08. The Kier molecular flexibility index (Phi) is 3.64. The predicted octanol–water partition coefficient (Wildman–Crippen LogP) is 0.820. The standard InChI is InChI=1S/C11H13F2NO4S2/c1-11(4-5-19(15,16)7-11)14-20(17,18)10-6-8(12)2-3-9(10)13/h2-3,6,14H,4-5,7H2,1H3. The van der Waals surface area contributed by atoms with E-state index in [1.165, 1.54) is 6.92 Å². The van der Waals surface area contributed by atoms with E-state index in [1.807, 2.05) is 0 Å². The first-order chi connectivity index (χ1) is 9.03. The van der Waals surface area contributed by atoms with Crippen LogP contribution in [0, 0.1) is 11.6 Å². The van der Waals surface area contributed by atoms with Crippen LogP contribution in [-0.2, 0) is 19.9 Å². The van der Waals surface area contributed by atoms with Gasteiger partial charge in [-0.2, -0.15) is 0 Å². The Morgan fingerprint density at radius 3 is 2.50 bits per heavy atom. The zero-order chi connectivity index (χ0) is 15.2. The highest BCUT2D eigenvalue weighted by atomic mass is 32.2. The van der Waals surface area contributed by atoms with Crippen molar-refractivity contribution in [2.24, 2.45) is 0 Å². The van der Waals surface area contributed by atoms with Crippen LogP contribution in [0.5, 0.6) is 0 Å². The summed E-state index contributed by atoms with van der Waals surface area (Å²) in [5.74, 6) is -2.49. The Morgan fingerprint density at radius 2 is 1.95 bits per heavy atom. The van der Waals surface area contributed by atoms with Crippen molar-refractivity contribution < 1.29 is 25.6 Å². The maximum Gasteiger partial charge on any atom is 0.244 e. The number of rotatable bonds is 3. The van der Waals surface area contributed by atoms with E-state index >= 15 is 0 Å². The van der Waals surface area contributed by atoms with Crippen LogP contribution in [0.25, 0.3) is 0 Å². The average molecular weight is 325 g/mol. The van der Waals surface area contributed by atoms with E-state index in [0.717, 1.165) is 6.07 Å².